The molecule has 0 N–H and O–H groups in total. The molecule has 3 rings (SSSR count). The van der Waals surface area contributed by atoms with E-state index in [9.17, 15) is 0 Å². The van der Waals surface area contributed by atoms with Crippen LogP contribution in [0.2, 0.25) is 0 Å². The van der Waals surface area contributed by atoms with Gasteiger partial charge in [-0.05, 0) is 18.2 Å². The van der Waals surface area contributed by atoms with Crippen LogP contribution in [0.4, 0.5) is 0 Å². The fourth-order valence-corrected chi connectivity index (χ4v) is 1.48. The van der Waals surface area contributed by atoms with E-state index in [0.29, 0.717) is 19.1 Å². The maximum Gasteiger partial charge on any atom is 0.257 e. The molecule has 0 fully saturated rings. The number of fused-ring (bicyclic) bond motifs is 1. The largest absolute Gasteiger partial charge is 0.486 e. The Hall–Kier alpha value is -2.04. The molecule has 5 nitrogen and oxygen atoms in total. The van der Waals surface area contributed by atoms with Gasteiger partial charge >= 0.3 is 0 Å². The number of aromatic nitrogens is 2. The molecule has 0 atom stereocenters. The lowest BCUT2D eigenvalue weighted by atomic mass is 10.2. The van der Waals surface area contributed by atoms with Crippen LogP contribution >= 0.6 is 0 Å². The Morgan fingerprint density at radius 1 is 1.07 bits per heavy atom. The fourth-order valence-electron chi connectivity index (χ4n) is 1.48. The summed E-state index contributed by atoms with van der Waals surface area (Å²) in [7, 11) is 0. The standard InChI is InChI=1S/C10H8N2O3/c1-2-8-9(14-4-3-13-8)5-7(1)10-11-6-12-15-10/h1-2,5-6H,3-4H2. The second kappa shape index (κ2) is 3.27. The Labute approximate surface area is 85.6 Å². The highest BCUT2D eigenvalue weighted by Gasteiger charge is 2.13. The van der Waals surface area contributed by atoms with Crippen molar-refractivity contribution in [2.75, 3.05) is 13.2 Å². The molecule has 15 heavy (non-hydrogen) atoms. The van der Waals surface area contributed by atoms with Gasteiger partial charge < -0.3 is 14.0 Å². The SMILES string of the molecule is c1noc(-c2ccc3c(c2)OCCO3)n1. The van der Waals surface area contributed by atoms with Crippen molar-refractivity contribution in [3.63, 3.8) is 0 Å². The molecule has 0 unspecified atom stereocenters. The number of rotatable bonds is 1. The third kappa shape index (κ3) is 1.41. The summed E-state index contributed by atoms with van der Waals surface area (Å²) in [4.78, 5) is 3.96. The Morgan fingerprint density at radius 2 is 1.93 bits per heavy atom. The minimum absolute atomic E-state index is 0.479. The Morgan fingerprint density at radius 3 is 2.73 bits per heavy atom. The van der Waals surface area contributed by atoms with Crippen molar-refractivity contribution in [2.24, 2.45) is 0 Å². The molecule has 1 aliphatic rings. The molecule has 76 valence electrons. The van der Waals surface area contributed by atoms with Gasteiger partial charge in [0.05, 0.1) is 0 Å². The van der Waals surface area contributed by atoms with E-state index in [1.54, 1.807) is 0 Å². The molecule has 2 heterocycles. The van der Waals surface area contributed by atoms with Crippen LogP contribution in [0.5, 0.6) is 11.5 Å². The van der Waals surface area contributed by atoms with Gasteiger partial charge in [-0.25, -0.2) is 0 Å². The number of hydrogen-bond donors (Lipinski definition) is 0. The van der Waals surface area contributed by atoms with E-state index in [1.807, 2.05) is 18.2 Å². The molecule has 1 aromatic carbocycles. The van der Waals surface area contributed by atoms with Crippen LogP contribution in [0.3, 0.4) is 0 Å². The summed E-state index contributed by atoms with van der Waals surface area (Å²) in [6, 6.07) is 5.54. The Bertz CT molecular complexity index is 468. The smallest absolute Gasteiger partial charge is 0.257 e. The first-order valence-corrected chi connectivity index (χ1v) is 4.60. The van der Waals surface area contributed by atoms with Gasteiger partial charge in [-0.15, -0.1) is 0 Å². The predicted molar refractivity (Wildman–Crippen MR) is 50.7 cm³/mol. The first kappa shape index (κ1) is 8.28. The normalized spacial score (nSPS) is 13.9. The molecule has 0 saturated heterocycles. The molecule has 0 saturated carbocycles. The molecule has 0 bridgehead atoms. The Balaban J connectivity index is 2.04. The van der Waals surface area contributed by atoms with E-state index in [-0.39, 0.29) is 0 Å². The van der Waals surface area contributed by atoms with Gasteiger partial charge in [0, 0.05) is 5.56 Å². The third-order valence-corrected chi connectivity index (χ3v) is 2.15. The molecule has 0 radical (unpaired) electrons. The lowest BCUT2D eigenvalue weighted by Gasteiger charge is -2.18. The summed E-state index contributed by atoms with van der Waals surface area (Å²) in [6.45, 7) is 1.16. The van der Waals surface area contributed by atoms with Crippen LogP contribution < -0.4 is 9.47 Å². The van der Waals surface area contributed by atoms with E-state index in [2.05, 4.69) is 10.1 Å². The lowest BCUT2D eigenvalue weighted by Crippen LogP contribution is -2.15. The van der Waals surface area contributed by atoms with E-state index in [0.717, 1.165) is 17.1 Å². The van der Waals surface area contributed by atoms with Crippen molar-refractivity contribution in [3.05, 3.63) is 24.5 Å². The van der Waals surface area contributed by atoms with E-state index in [4.69, 9.17) is 14.0 Å². The second-order valence-electron chi connectivity index (χ2n) is 3.10. The van der Waals surface area contributed by atoms with Gasteiger partial charge in [0.25, 0.3) is 5.89 Å². The van der Waals surface area contributed by atoms with Crippen LogP contribution in [0.1, 0.15) is 0 Å². The zero-order valence-electron chi connectivity index (χ0n) is 7.84. The third-order valence-electron chi connectivity index (χ3n) is 2.15. The minimum Gasteiger partial charge on any atom is -0.486 e. The molecule has 2 aromatic rings. The van der Waals surface area contributed by atoms with E-state index < -0.39 is 0 Å². The maximum atomic E-state index is 5.45. The summed E-state index contributed by atoms with van der Waals surface area (Å²) in [6.07, 6.45) is 1.37. The lowest BCUT2D eigenvalue weighted by molar-refractivity contribution is 0.171. The van der Waals surface area contributed by atoms with Crippen LogP contribution in [0, 0.1) is 0 Å². The first-order valence-electron chi connectivity index (χ1n) is 4.60. The molecule has 5 heteroatoms. The van der Waals surface area contributed by atoms with Crippen LogP contribution in [-0.4, -0.2) is 23.4 Å². The van der Waals surface area contributed by atoms with Crippen molar-refractivity contribution in [3.8, 4) is 23.0 Å². The summed E-state index contributed by atoms with van der Waals surface area (Å²) < 4.78 is 15.8. The van der Waals surface area contributed by atoms with Crippen molar-refractivity contribution in [2.45, 2.75) is 0 Å². The predicted octanol–water partition coefficient (Wildman–Crippen LogP) is 1.51. The van der Waals surface area contributed by atoms with Gasteiger partial charge in [-0.2, -0.15) is 4.98 Å². The van der Waals surface area contributed by atoms with Gasteiger partial charge in [-0.3, -0.25) is 0 Å². The summed E-state index contributed by atoms with van der Waals surface area (Å²) in [5.74, 6) is 1.95. The van der Waals surface area contributed by atoms with Gasteiger partial charge in [0.1, 0.15) is 13.2 Å². The zero-order valence-corrected chi connectivity index (χ0v) is 7.84. The van der Waals surface area contributed by atoms with Gasteiger partial charge in [-0.1, -0.05) is 5.16 Å². The van der Waals surface area contributed by atoms with Crippen LogP contribution in [-0.2, 0) is 0 Å². The number of benzene rings is 1. The fraction of sp³-hybridized carbons (Fsp3) is 0.200. The zero-order chi connectivity index (χ0) is 10.1. The number of ether oxygens (including phenoxy) is 2. The second-order valence-corrected chi connectivity index (χ2v) is 3.10. The molecular weight excluding hydrogens is 196 g/mol. The number of nitrogens with zero attached hydrogens (tertiary/aromatic N) is 2. The summed E-state index contributed by atoms with van der Waals surface area (Å²) >= 11 is 0. The minimum atomic E-state index is 0.479. The van der Waals surface area contributed by atoms with Crippen molar-refractivity contribution in [1.29, 1.82) is 0 Å². The highest BCUT2D eigenvalue weighted by atomic mass is 16.6. The average molecular weight is 204 g/mol. The highest BCUT2D eigenvalue weighted by Crippen LogP contribution is 2.33. The van der Waals surface area contributed by atoms with Crippen molar-refractivity contribution >= 4 is 0 Å². The molecule has 0 amide bonds. The molecule has 0 aliphatic carbocycles. The van der Waals surface area contributed by atoms with E-state index >= 15 is 0 Å². The van der Waals surface area contributed by atoms with Crippen LogP contribution in [0.15, 0.2) is 29.0 Å². The summed E-state index contributed by atoms with van der Waals surface area (Å²) in [5, 5.41) is 3.55. The van der Waals surface area contributed by atoms with Gasteiger partial charge in [0.2, 0.25) is 0 Å². The van der Waals surface area contributed by atoms with Crippen molar-refractivity contribution < 1.29 is 14.0 Å². The molecule has 0 spiro atoms. The first-order chi connectivity index (χ1) is 7.43. The van der Waals surface area contributed by atoms with Crippen molar-refractivity contribution in [1.82, 2.24) is 10.1 Å². The number of hydrogen-bond acceptors (Lipinski definition) is 5. The van der Waals surface area contributed by atoms with E-state index in [1.165, 1.54) is 6.33 Å². The highest BCUT2D eigenvalue weighted by molar-refractivity contribution is 5.59. The van der Waals surface area contributed by atoms with Gasteiger partial charge in [0.15, 0.2) is 17.8 Å². The topological polar surface area (TPSA) is 57.4 Å². The summed E-state index contributed by atoms with van der Waals surface area (Å²) in [5.41, 5.74) is 0.830. The molecular formula is C10H8N2O3. The monoisotopic (exact) mass is 204 g/mol. The molecule has 1 aliphatic heterocycles. The van der Waals surface area contributed by atoms with Crippen LogP contribution in [0.25, 0.3) is 11.5 Å². The quantitative estimate of drug-likeness (QED) is 0.704. The maximum absolute atomic E-state index is 5.45. The molecule has 1 aromatic heterocycles. The Kier molecular flexibility index (Phi) is 1.81. The average Bonchev–Trinajstić information content (AvgIpc) is 2.82.